The third-order valence-electron chi connectivity index (χ3n) is 0.943. The van der Waals surface area contributed by atoms with E-state index in [-0.39, 0.29) is 6.73 Å². The molecule has 0 saturated heterocycles. The molecule has 3 heteroatoms. The molecule has 7 heavy (non-hydrogen) atoms. The highest BCUT2D eigenvalue weighted by molar-refractivity contribution is 5.56. The van der Waals surface area contributed by atoms with E-state index in [0.717, 1.165) is 13.1 Å². The van der Waals surface area contributed by atoms with Crippen LogP contribution in [-0.4, -0.2) is 36.2 Å². The zero-order valence-electron chi connectivity index (χ0n) is 4.04. The molecule has 0 aromatic heterocycles. The van der Waals surface area contributed by atoms with Gasteiger partial charge >= 0.3 is 0 Å². The quantitative estimate of drug-likeness (QED) is 0.472. The first-order chi connectivity index (χ1) is 3.43. The lowest BCUT2D eigenvalue weighted by Crippen LogP contribution is -2.19. The Morgan fingerprint density at radius 3 is 3.00 bits per heavy atom. The largest absolute Gasteiger partial charge is 0.376 e. The lowest BCUT2D eigenvalue weighted by atomic mass is 10.6. The first-order valence-corrected chi connectivity index (χ1v) is 2.28. The van der Waals surface area contributed by atoms with E-state index in [2.05, 4.69) is 4.99 Å². The predicted molar refractivity (Wildman–Crippen MR) is 27.2 cm³/mol. The van der Waals surface area contributed by atoms with Gasteiger partial charge in [0.1, 0.15) is 6.73 Å². The van der Waals surface area contributed by atoms with Crippen LogP contribution in [0.2, 0.25) is 0 Å². The van der Waals surface area contributed by atoms with Crippen LogP contribution in [0.3, 0.4) is 0 Å². The van der Waals surface area contributed by atoms with Crippen molar-refractivity contribution >= 4 is 6.34 Å². The highest BCUT2D eigenvalue weighted by atomic mass is 16.3. The maximum Gasteiger partial charge on any atom is 0.116 e. The molecule has 1 N–H and O–H groups in total. The monoisotopic (exact) mass is 100 g/mol. The number of aliphatic hydroxyl groups is 1. The Balaban J connectivity index is 2.28. The van der Waals surface area contributed by atoms with Gasteiger partial charge in [0.15, 0.2) is 0 Å². The highest BCUT2D eigenvalue weighted by Gasteiger charge is 1.99. The molecule has 0 aliphatic carbocycles. The summed E-state index contributed by atoms with van der Waals surface area (Å²) in [4.78, 5) is 5.63. The number of hydrogen-bond acceptors (Lipinski definition) is 3. The Kier molecular flexibility index (Phi) is 1.26. The van der Waals surface area contributed by atoms with Crippen molar-refractivity contribution in [3.05, 3.63) is 0 Å². The van der Waals surface area contributed by atoms with Crippen molar-refractivity contribution in [2.75, 3.05) is 19.8 Å². The molecule has 1 rings (SSSR count). The van der Waals surface area contributed by atoms with Crippen LogP contribution in [-0.2, 0) is 0 Å². The Labute approximate surface area is 42.3 Å². The van der Waals surface area contributed by atoms with Crippen molar-refractivity contribution in [1.29, 1.82) is 0 Å². The van der Waals surface area contributed by atoms with Gasteiger partial charge in [-0.05, 0) is 0 Å². The topological polar surface area (TPSA) is 35.8 Å². The Morgan fingerprint density at radius 2 is 2.71 bits per heavy atom. The van der Waals surface area contributed by atoms with E-state index < -0.39 is 0 Å². The summed E-state index contributed by atoms with van der Waals surface area (Å²) < 4.78 is 0. The molecule has 1 aliphatic heterocycles. The zero-order chi connectivity index (χ0) is 5.11. The smallest absolute Gasteiger partial charge is 0.116 e. The van der Waals surface area contributed by atoms with Crippen LogP contribution in [0.4, 0.5) is 0 Å². The molecular weight excluding hydrogens is 92.1 g/mol. The molecule has 0 unspecified atom stereocenters. The molecule has 40 valence electrons. The minimum atomic E-state index is 0.101. The first kappa shape index (κ1) is 4.59. The van der Waals surface area contributed by atoms with Crippen LogP contribution in [0.15, 0.2) is 4.99 Å². The summed E-state index contributed by atoms with van der Waals surface area (Å²) >= 11 is 0. The van der Waals surface area contributed by atoms with E-state index in [0.29, 0.717) is 0 Å². The summed E-state index contributed by atoms with van der Waals surface area (Å²) in [5.74, 6) is 0. The van der Waals surface area contributed by atoms with Gasteiger partial charge in [-0.3, -0.25) is 4.99 Å². The van der Waals surface area contributed by atoms with Gasteiger partial charge in [0, 0.05) is 6.54 Å². The molecule has 0 bridgehead atoms. The van der Waals surface area contributed by atoms with Crippen LogP contribution in [0.25, 0.3) is 0 Å². The van der Waals surface area contributed by atoms with E-state index in [4.69, 9.17) is 5.11 Å². The summed E-state index contributed by atoms with van der Waals surface area (Å²) in [5, 5.41) is 8.40. The van der Waals surface area contributed by atoms with Gasteiger partial charge in [-0.15, -0.1) is 0 Å². The van der Waals surface area contributed by atoms with Crippen LogP contribution in [0.5, 0.6) is 0 Å². The fourth-order valence-corrected chi connectivity index (χ4v) is 0.524. The van der Waals surface area contributed by atoms with Gasteiger partial charge in [-0.2, -0.15) is 0 Å². The van der Waals surface area contributed by atoms with Gasteiger partial charge in [-0.1, -0.05) is 0 Å². The minimum absolute atomic E-state index is 0.101. The maximum absolute atomic E-state index is 8.40. The molecule has 0 saturated carbocycles. The third kappa shape index (κ3) is 0.899. The van der Waals surface area contributed by atoms with Crippen LogP contribution < -0.4 is 0 Å². The highest BCUT2D eigenvalue weighted by Crippen LogP contribution is 1.88. The van der Waals surface area contributed by atoms with E-state index >= 15 is 0 Å². The zero-order valence-corrected chi connectivity index (χ0v) is 4.04. The SMILES string of the molecule is OCN1C=NCC1. The van der Waals surface area contributed by atoms with Gasteiger partial charge in [-0.25, -0.2) is 0 Å². The number of rotatable bonds is 1. The minimum Gasteiger partial charge on any atom is -0.376 e. The average Bonchev–Trinajstić information content (AvgIpc) is 2.14. The fraction of sp³-hybridized carbons (Fsp3) is 0.750. The van der Waals surface area contributed by atoms with Crippen molar-refractivity contribution in [3.8, 4) is 0 Å². The molecule has 0 aromatic carbocycles. The molecule has 0 fully saturated rings. The average molecular weight is 100 g/mol. The van der Waals surface area contributed by atoms with Gasteiger partial charge in [0.25, 0.3) is 0 Å². The van der Waals surface area contributed by atoms with Crippen molar-refractivity contribution in [1.82, 2.24) is 4.90 Å². The van der Waals surface area contributed by atoms with Crippen LogP contribution in [0.1, 0.15) is 0 Å². The van der Waals surface area contributed by atoms with E-state index in [1.165, 1.54) is 0 Å². The second kappa shape index (κ2) is 1.93. The summed E-state index contributed by atoms with van der Waals surface area (Å²) in [6, 6.07) is 0. The lowest BCUT2D eigenvalue weighted by molar-refractivity contribution is 0.183. The molecule has 0 radical (unpaired) electrons. The van der Waals surface area contributed by atoms with Gasteiger partial charge < -0.3 is 10.0 Å². The van der Waals surface area contributed by atoms with E-state index in [9.17, 15) is 0 Å². The fourth-order valence-electron chi connectivity index (χ4n) is 0.524. The molecular formula is C4H8N2O. The Bertz CT molecular complexity index is 81.8. The van der Waals surface area contributed by atoms with Crippen LogP contribution in [0, 0.1) is 0 Å². The molecule has 0 atom stereocenters. The summed E-state index contributed by atoms with van der Waals surface area (Å²) in [7, 11) is 0. The molecule has 0 spiro atoms. The van der Waals surface area contributed by atoms with Gasteiger partial charge in [0.2, 0.25) is 0 Å². The lowest BCUT2D eigenvalue weighted by Gasteiger charge is -2.06. The summed E-state index contributed by atoms with van der Waals surface area (Å²) in [5.41, 5.74) is 0. The predicted octanol–water partition coefficient (Wildman–Crippen LogP) is -0.720. The van der Waals surface area contributed by atoms with Crippen molar-refractivity contribution < 1.29 is 5.11 Å². The molecule has 1 heterocycles. The van der Waals surface area contributed by atoms with Crippen molar-refractivity contribution in [2.24, 2.45) is 4.99 Å². The molecule has 3 nitrogen and oxygen atoms in total. The second-order valence-corrected chi connectivity index (χ2v) is 1.48. The first-order valence-electron chi connectivity index (χ1n) is 2.28. The molecule has 0 aromatic rings. The third-order valence-corrected chi connectivity index (χ3v) is 0.943. The number of aliphatic imine (C=N–C) groups is 1. The normalized spacial score (nSPS) is 18.7. The van der Waals surface area contributed by atoms with Crippen molar-refractivity contribution in [2.45, 2.75) is 0 Å². The maximum atomic E-state index is 8.40. The standard InChI is InChI=1S/C4H8N2O/c7-4-6-2-1-5-3-6/h3,7H,1-2,4H2. The number of hydrogen-bond donors (Lipinski definition) is 1. The van der Waals surface area contributed by atoms with Crippen LogP contribution >= 0.6 is 0 Å². The van der Waals surface area contributed by atoms with E-state index in [1.54, 1.807) is 11.2 Å². The summed E-state index contributed by atoms with van der Waals surface area (Å²) in [6.45, 7) is 1.81. The number of nitrogens with zero attached hydrogens (tertiary/aromatic N) is 2. The summed E-state index contributed by atoms with van der Waals surface area (Å²) in [6.07, 6.45) is 1.67. The Hall–Kier alpha value is -0.570. The van der Waals surface area contributed by atoms with Gasteiger partial charge in [0.05, 0.1) is 12.9 Å². The Morgan fingerprint density at radius 1 is 1.86 bits per heavy atom. The second-order valence-electron chi connectivity index (χ2n) is 1.48. The molecule has 0 amide bonds. The van der Waals surface area contributed by atoms with Crippen molar-refractivity contribution in [3.63, 3.8) is 0 Å². The van der Waals surface area contributed by atoms with E-state index in [1.807, 2.05) is 0 Å². The number of aliphatic hydroxyl groups excluding tert-OH is 1. The molecule has 1 aliphatic rings.